The van der Waals surface area contributed by atoms with Crippen LogP contribution in [0, 0.1) is 0 Å². The lowest BCUT2D eigenvalue weighted by molar-refractivity contribution is 0.415. The summed E-state index contributed by atoms with van der Waals surface area (Å²) in [6.45, 7) is 5.23. The van der Waals surface area contributed by atoms with Gasteiger partial charge >= 0.3 is 0 Å². The molecule has 1 fully saturated rings. The summed E-state index contributed by atoms with van der Waals surface area (Å²) in [6.07, 6.45) is 2.82. The average molecular weight is 431 g/mol. The molecule has 1 aromatic carbocycles. The lowest BCUT2D eigenvalue weighted by Gasteiger charge is -2.22. The Labute approximate surface area is 184 Å². The van der Waals surface area contributed by atoms with Crippen LogP contribution < -0.4 is 25.2 Å². The molecule has 30 heavy (non-hydrogen) atoms. The molecule has 162 valence electrons. The molecule has 0 saturated carbocycles. The molecule has 0 spiro atoms. The van der Waals surface area contributed by atoms with E-state index in [1.807, 2.05) is 49.5 Å². The smallest absolute Gasteiger partial charge is 0.191 e. The van der Waals surface area contributed by atoms with Crippen LogP contribution in [-0.4, -0.2) is 57.8 Å². The molecular formula is C22H31ClN6O. The SMILES string of the molecule is CCNC(=NCc1cccnc1N(C)C)NC1CCN(c2cc(Cl)ccc2OC)C1. The van der Waals surface area contributed by atoms with E-state index in [1.165, 1.54) is 0 Å². The fourth-order valence-corrected chi connectivity index (χ4v) is 3.81. The molecule has 1 aromatic heterocycles. The average Bonchev–Trinajstić information content (AvgIpc) is 3.20. The third-order valence-electron chi connectivity index (χ3n) is 5.05. The van der Waals surface area contributed by atoms with Crippen LogP contribution in [0.1, 0.15) is 18.9 Å². The summed E-state index contributed by atoms with van der Waals surface area (Å²) in [5, 5.41) is 7.65. The van der Waals surface area contributed by atoms with Crippen LogP contribution >= 0.6 is 11.6 Å². The van der Waals surface area contributed by atoms with Gasteiger partial charge < -0.3 is 25.2 Å². The molecule has 2 aromatic rings. The van der Waals surface area contributed by atoms with Crippen molar-refractivity contribution < 1.29 is 4.74 Å². The summed E-state index contributed by atoms with van der Waals surface area (Å²) in [5.41, 5.74) is 2.12. The first kappa shape index (κ1) is 22.0. The van der Waals surface area contributed by atoms with Gasteiger partial charge in [0.2, 0.25) is 0 Å². The lowest BCUT2D eigenvalue weighted by atomic mass is 10.2. The number of aromatic nitrogens is 1. The van der Waals surface area contributed by atoms with E-state index in [0.29, 0.717) is 11.6 Å². The largest absolute Gasteiger partial charge is 0.495 e. The first-order valence-corrected chi connectivity index (χ1v) is 10.6. The number of ether oxygens (including phenoxy) is 1. The molecule has 2 heterocycles. The first-order valence-electron chi connectivity index (χ1n) is 10.3. The van der Waals surface area contributed by atoms with Gasteiger partial charge in [-0.3, -0.25) is 0 Å². The molecule has 1 atom stereocenters. The number of anilines is 2. The summed E-state index contributed by atoms with van der Waals surface area (Å²) in [6, 6.07) is 10.0. The second-order valence-corrected chi connectivity index (χ2v) is 7.90. The summed E-state index contributed by atoms with van der Waals surface area (Å²) in [4.78, 5) is 13.6. The number of guanidine groups is 1. The van der Waals surface area contributed by atoms with E-state index in [2.05, 4.69) is 33.5 Å². The molecule has 2 N–H and O–H groups in total. The van der Waals surface area contributed by atoms with E-state index in [-0.39, 0.29) is 6.04 Å². The molecule has 1 unspecified atom stereocenters. The van der Waals surface area contributed by atoms with Gasteiger partial charge in [0, 0.05) is 56.6 Å². The van der Waals surface area contributed by atoms with E-state index in [9.17, 15) is 0 Å². The second-order valence-electron chi connectivity index (χ2n) is 7.47. The minimum absolute atomic E-state index is 0.286. The third-order valence-corrected chi connectivity index (χ3v) is 5.29. The fraction of sp³-hybridized carbons (Fsp3) is 0.455. The highest BCUT2D eigenvalue weighted by molar-refractivity contribution is 6.30. The number of aliphatic imine (C=N–C) groups is 1. The van der Waals surface area contributed by atoms with Crippen molar-refractivity contribution in [2.45, 2.75) is 25.9 Å². The quantitative estimate of drug-likeness (QED) is 0.519. The molecule has 1 aliphatic heterocycles. The van der Waals surface area contributed by atoms with Crippen molar-refractivity contribution in [3.8, 4) is 5.75 Å². The Morgan fingerprint density at radius 3 is 2.93 bits per heavy atom. The number of nitrogens with zero attached hydrogens (tertiary/aromatic N) is 4. The van der Waals surface area contributed by atoms with Gasteiger partial charge in [0.1, 0.15) is 11.6 Å². The van der Waals surface area contributed by atoms with Gasteiger partial charge in [0.25, 0.3) is 0 Å². The Hall–Kier alpha value is -2.67. The normalized spacial score (nSPS) is 16.5. The molecule has 0 aliphatic carbocycles. The zero-order chi connectivity index (χ0) is 21.5. The van der Waals surface area contributed by atoms with Crippen molar-refractivity contribution in [1.29, 1.82) is 0 Å². The number of halogens is 1. The predicted molar refractivity (Wildman–Crippen MR) is 125 cm³/mol. The molecule has 1 saturated heterocycles. The van der Waals surface area contributed by atoms with Crippen LogP contribution in [0.2, 0.25) is 5.02 Å². The van der Waals surface area contributed by atoms with E-state index in [0.717, 1.165) is 54.8 Å². The van der Waals surface area contributed by atoms with Crippen LogP contribution in [0.3, 0.4) is 0 Å². The summed E-state index contributed by atoms with van der Waals surface area (Å²) in [7, 11) is 5.68. The third kappa shape index (κ3) is 5.48. The number of benzene rings is 1. The minimum atomic E-state index is 0.286. The maximum atomic E-state index is 6.21. The maximum Gasteiger partial charge on any atom is 0.191 e. The van der Waals surface area contributed by atoms with Crippen molar-refractivity contribution in [3.05, 3.63) is 47.1 Å². The molecule has 7 nitrogen and oxygen atoms in total. The van der Waals surface area contributed by atoms with Gasteiger partial charge in [-0.2, -0.15) is 0 Å². The van der Waals surface area contributed by atoms with Gasteiger partial charge in [-0.1, -0.05) is 17.7 Å². The van der Waals surface area contributed by atoms with Crippen molar-refractivity contribution in [2.75, 3.05) is 50.6 Å². The number of nitrogens with one attached hydrogen (secondary N) is 2. The van der Waals surface area contributed by atoms with Crippen LogP contribution in [-0.2, 0) is 6.54 Å². The predicted octanol–water partition coefficient (Wildman–Crippen LogP) is 3.14. The second kappa shape index (κ2) is 10.4. The van der Waals surface area contributed by atoms with Crippen LogP contribution in [0.25, 0.3) is 0 Å². The molecular weight excluding hydrogens is 400 g/mol. The van der Waals surface area contributed by atoms with Gasteiger partial charge in [0.05, 0.1) is 19.3 Å². The Morgan fingerprint density at radius 1 is 1.37 bits per heavy atom. The lowest BCUT2D eigenvalue weighted by Crippen LogP contribution is -2.44. The molecule has 8 heteroatoms. The van der Waals surface area contributed by atoms with Crippen molar-refractivity contribution >= 4 is 29.1 Å². The number of methoxy groups -OCH3 is 1. The van der Waals surface area contributed by atoms with Gasteiger partial charge in [-0.05, 0) is 37.6 Å². The summed E-state index contributed by atoms with van der Waals surface area (Å²) in [5.74, 6) is 2.60. The van der Waals surface area contributed by atoms with Gasteiger partial charge in [0.15, 0.2) is 5.96 Å². The van der Waals surface area contributed by atoms with Crippen LogP contribution in [0.4, 0.5) is 11.5 Å². The van der Waals surface area contributed by atoms with Gasteiger partial charge in [-0.15, -0.1) is 0 Å². The fourth-order valence-electron chi connectivity index (χ4n) is 3.64. The molecule has 1 aliphatic rings. The van der Waals surface area contributed by atoms with Crippen molar-refractivity contribution in [2.24, 2.45) is 4.99 Å². The van der Waals surface area contributed by atoms with Crippen LogP contribution in [0.5, 0.6) is 5.75 Å². The van der Waals surface area contributed by atoms with E-state index < -0.39 is 0 Å². The van der Waals surface area contributed by atoms with Gasteiger partial charge in [-0.25, -0.2) is 9.98 Å². The first-order chi connectivity index (χ1) is 14.5. The zero-order valence-electron chi connectivity index (χ0n) is 18.2. The summed E-state index contributed by atoms with van der Waals surface area (Å²) >= 11 is 6.21. The topological polar surface area (TPSA) is 65.0 Å². The Morgan fingerprint density at radius 2 is 2.20 bits per heavy atom. The van der Waals surface area contributed by atoms with Crippen LogP contribution in [0.15, 0.2) is 41.5 Å². The Kier molecular flexibility index (Phi) is 7.63. The highest BCUT2D eigenvalue weighted by Crippen LogP contribution is 2.33. The Balaban J connectivity index is 1.68. The van der Waals surface area contributed by atoms with E-state index in [1.54, 1.807) is 7.11 Å². The maximum absolute atomic E-state index is 6.21. The molecule has 0 radical (unpaired) electrons. The minimum Gasteiger partial charge on any atom is -0.495 e. The highest BCUT2D eigenvalue weighted by Gasteiger charge is 2.25. The molecule has 0 bridgehead atoms. The zero-order valence-corrected chi connectivity index (χ0v) is 18.9. The van der Waals surface area contributed by atoms with Crippen molar-refractivity contribution in [3.63, 3.8) is 0 Å². The summed E-state index contributed by atoms with van der Waals surface area (Å²) < 4.78 is 5.52. The monoisotopic (exact) mass is 430 g/mol. The van der Waals surface area contributed by atoms with E-state index >= 15 is 0 Å². The molecule has 0 amide bonds. The van der Waals surface area contributed by atoms with E-state index in [4.69, 9.17) is 21.3 Å². The molecule has 3 rings (SSSR count). The standard InChI is InChI=1S/C22H31ClN6O/c1-5-24-22(26-14-16-7-6-11-25-21(16)28(2)3)27-18-10-12-29(15-18)19-13-17(23)8-9-20(19)30-4/h6-9,11,13,18H,5,10,12,14-15H2,1-4H3,(H2,24,26,27). The highest BCUT2D eigenvalue weighted by atomic mass is 35.5. The number of pyridine rings is 1. The Bertz CT molecular complexity index is 872. The number of hydrogen-bond acceptors (Lipinski definition) is 5. The number of rotatable bonds is 7. The number of hydrogen-bond donors (Lipinski definition) is 2. The van der Waals surface area contributed by atoms with Crippen molar-refractivity contribution in [1.82, 2.24) is 15.6 Å².